The molecule has 0 atom stereocenters. The molecule has 0 saturated carbocycles. The summed E-state index contributed by atoms with van der Waals surface area (Å²) in [5.41, 5.74) is 0. The van der Waals surface area contributed by atoms with Gasteiger partial charge in [0.1, 0.15) is 5.40 Å². The maximum Gasteiger partial charge on any atom is 0.130 e. The third-order valence-electron chi connectivity index (χ3n) is 1.34. The maximum absolute atomic E-state index is 7.18. The van der Waals surface area contributed by atoms with E-state index in [1.807, 2.05) is 0 Å². The van der Waals surface area contributed by atoms with Crippen LogP contribution in [-0.4, -0.2) is 24.5 Å². The lowest BCUT2D eigenvalue weighted by Crippen LogP contribution is -2.21. The van der Waals surface area contributed by atoms with Gasteiger partial charge in [0.05, 0.1) is 0 Å². The third kappa shape index (κ3) is 10.7. The van der Waals surface area contributed by atoms with Crippen molar-refractivity contribution in [2.75, 3.05) is 19.6 Å². The van der Waals surface area contributed by atoms with Crippen molar-refractivity contribution >= 4 is 12.6 Å². The Hall–Kier alpha value is -0.200. The summed E-state index contributed by atoms with van der Waals surface area (Å²) in [4.78, 5) is 2.38. The molecule has 0 fully saturated rings. The monoisotopic (exact) mass is 160 g/mol. The smallest absolute Gasteiger partial charge is 0.130 e. The minimum Gasteiger partial charge on any atom is -0.304 e. The number of rotatable bonds is 3. The van der Waals surface area contributed by atoms with Crippen molar-refractivity contribution in [3.63, 3.8) is 0 Å². The van der Waals surface area contributed by atoms with E-state index in [2.05, 4.69) is 38.3 Å². The Morgan fingerprint density at radius 1 is 1.20 bits per heavy atom. The van der Waals surface area contributed by atoms with Gasteiger partial charge < -0.3 is 4.90 Å². The molecule has 0 spiro atoms. The zero-order chi connectivity index (χ0) is 8.41. The van der Waals surface area contributed by atoms with Crippen molar-refractivity contribution in [1.29, 1.82) is 5.26 Å². The molecule has 0 aromatic rings. The molecule has 0 aliphatic carbocycles. The molecule has 0 saturated heterocycles. The summed E-state index contributed by atoms with van der Waals surface area (Å²) in [6.45, 7) is 10.1. The number of thiocyanates is 1. The summed E-state index contributed by atoms with van der Waals surface area (Å²) in [6, 6.07) is 0. The first-order valence-corrected chi connectivity index (χ1v) is 3.96. The number of nitriles is 1. The van der Waals surface area contributed by atoms with Crippen LogP contribution >= 0.6 is 12.6 Å². The van der Waals surface area contributed by atoms with Gasteiger partial charge in [-0.25, -0.2) is 0 Å². The highest BCUT2D eigenvalue weighted by molar-refractivity contribution is 7.85. The summed E-state index contributed by atoms with van der Waals surface area (Å²) in [5.74, 6) is 0. The van der Waals surface area contributed by atoms with Gasteiger partial charge in [-0.05, 0) is 19.6 Å². The van der Waals surface area contributed by atoms with Crippen molar-refractivity contribution in [2.45, 2.75) is 20.8 Å². The quantitative estimate of drug-likeness (QED) is 0.503. The predicted molar refractivity (Wildman–Crippen MR) is 48.1 cm³/mol. The number of nitrogens with zero attached hydrogens (tertiary/aromatic N) is 2. The van der Waals surface area contributed by atoms with Gasteiger partial charge in [0, 0.05) is 0 Å². The highest BCUT2D eigenvalue weighted by Gasteiger charge is 1.89. The van der Waals surface area contributed by atoms with E-state index in [1.54, 1.807) is 0 Å². The molecular weight excluding hydrogens is 144 g/mol. The van der Waals surface area contributed by atoms with E-state index >= 15 is 0 Å². The first-order chi connectivity index (χ1) is 4.76. The molecule has 0 bridgehead atoms. The molecule has 0 rings (SSSR count). The molecule has 0 unspecified atom stereocenters. The van der Waals surface area contributed by atoms with Gasteiger partial charge in [-0.3, -0.25) is 0 Å². The van der Waals surface area contributed by atoms with Gasteiger partial charge in [-0.1, -0.05) is 33.4 Å². The minimum absolute atomic E-state index is 1.19. The summed E-state index contributed by atoms with van der Waals surface area (Å²) >= 11 is 3.09. The van der Waals surface area contributed by atoms with E-state index < -0.39 is 0 Å². The normalized spacial score (nSPS) is 8.00. The molecule has 2 nitrogen and oxygen atoms in total. The number of hydrogen-bond acceptors (Lipinski definition) is 3. The van der Waals surface area contributed by atoms with Gasteiger partial charge in [0.15, 0.2) is 0 Å². The molecule has 0 aromatic carbocycles. The van der Waals surface area contributed by atoms with Crippen LogP contribution in [-0.2, 0) is 0 Å². The van der Waals surface area contributed by atoms with Gasteiger partial charge >= 0.3 is 0 Å². The zero-order valence-electron chi connectivity index (χ0n) is 6.96. The molecule has 0 radical (unpaired) electrons. The second kappa shape index (κ2) is 11.6. The van der Waals surface area contributed by atoms with E-state index in [9.17, 15) is 0 Å². The average molecular weight is 160 g/mol. The molecule has 60 valence electrons. The average Bonchev–Trinajstić information content (AvgIpc) is 1.93. The number of hydrogen-bond donors (Lipinski definition) is 1. The molecule has 0 heterocycles. The Bertz CT molecular complexity index is 78.6. The molecule has 0 aliphatic heterocycles. The first kappa shape index (κ1) is 12.5. The fourth-order valence-corrected chi connectivity index (χ4v) is 0.671. The largest absolute Gasteiger partial charge is 0.304 e. The van der Waals surface area contributed by atoms with Crippen LogP contribution in [0.1, 0.15) is 20.8 Å². The first-order valence-electron chi connectivity index (χ1n) is 3.52. The van der Waals surface area contributed by atoms with E-state index in [4.69, 9.17) is 5.26 Å². The second-order valence-corrected chi connectivity index (χ2v) is 1.92. The Morgan fingerprint density at radius 3 is 1.40 bits per heavy atom. The molecule has 3 heteroatoms. The lowest BCUT2D eigenvalue weighted by Gasteiger charge is -2.13. The lowest BCUT2D eigenvalue weighted by atomic mass is 10.5. The molecule has 0 amide bonds. The molecule has 10 heavy (non-hydrogen) atoms. The van der Waals surface area contributed by atoms with Crippen molar-refractivity contribution in [2.24, 2.45) is 0 Å². The fourth-order valence-electron chi connectivity index (χ4n) is 0.671. The van der Waals surface area contributed by atoms with Crippen LogP contribution in [0.5, 0.6) is 0 Å². The molecule has 0 aliphatic rings. The van der Waals surface area contributed by atoms with Crippen molar-refractivity contribution in [1.82, 2.24) is 4.90 Å². The van der Waals surface area contributed by atoms with Crippen LogP contribution in [0.3, 0.4) is 0 Å². The van der Waals surface area contributed by atoms with Gasteiger partial charge in [0.2, 0.25) is 0 Å². The van der Waals surface area contributed by atoms with Gasteiger partial charge in [-0.15, -0.1) is 0 Å². The summed E-state index contributed by atoms with van der Waals surface area (Å²) in [6.07, 6.45) is 0. The molecular formula is C7H16N2S. The van der Waals surface area contributed by atoms with Crippen LogP contribution in [0.4, 0.5) is 0 Å². The second-order valence-electron chi connectivity index (χ2n) is 1.72. The van der Waals surface area contributed by atoms with Crippen molar-refractivity contribution in [3.05, 3.63) is 0 Å². The van der Waals surface area contributed by atoms with E-state index in [0.717, 1.165) is 0 Å². The Kier molecular flexibility index (Phi) is 14.4. The third-order valence-corrected chi connectivity index (χ3v) is 1.34. The van der Waals surface area contributed by atoms with E-state index in [0.29, 0.717) is 0 Å². The molecule has 0 aromatic heterocycles. The highest BCUT2D eigenvalue weighted by Crippen LogP contribution is 1.81. The maximum atomic E-state index is 7.18. The van der Waals surface area contributed by atoms with Gasteiger partial charge in [0.25, 0.3) is 0 Å². The summed E-state index contributed by atoms with van der Waals surface area (Å²) < 4.78 is 0. The standard InChI is InChI=1S/C6H15N.CHNS/c1-4-7(5-2)6-3;2-1-3/h4-6H2,1-3H3;3H. The Balaban J connectivity index is 0. The predicted octanol–water partition coefficient (Wildman–Crippen LogP) is 1.75. The summed E-state index contributed by atoms with van der Waals surface area (Å²) in [7, 11) is 0. The van der Waals surface area contributed by atoms with Crippen LogP contribution in [0, 0.1) is 10.7 Å². The Morgan fingerprint density at radius 2 is 1.40 bits per heavy atom. The highest BCUT2D eigenvalue weighted by atomic mass is 32.1. The summed E-state index contributed by atoms with van der Waals surface area (Å²) in [5, 5.41) is 8.63. The zero-order valence-corrected chi connectivity index (χ0v) is 7.86. The van der Waals surface area contributed by atoms with Crippen LogP contribution in [0.2, 0.25) is 0 Å². The molecule has 0 N–H and O–H groups in total. The van der Waals surface area contributed by atoms with Crippen LogP contribution in [0.15, 0.2) is 0 Å². The minimum atomic E-state index is 1.19. The van der Waals surface area contributed by atoms with E-state index in [-0.39, 0.29) is 0 Å². The SMILES string of the molecule is CCN(CC)CC.N#CS. The van der Waals surface area contributed by atoms with Crippen LogP contribution in [0.25, 0.3) is 0 Å². The topological polar surface area (TPSA) is 27.0 Å². The lowest BCUT2D eigenvalue weighted by molar-refractivity contribution is 0.321. The van der Waals surface area contributed by atoms with Crippen molar-refractivity contribution in [3.8, 4) is 5.40 Å². The van der Waals surface area contributed by atoms with Crippen molar-refractivity contribution < 1.29 is 0 Å². The number of thiol groups is 1. The Labute approximate surface area is 69.2 Å². The van der Waals surface area contributed by atoms with Crippen LogP contribution < -0.4 is 0 Å². The fraction of sp³-hybridized carbons (Fsp3) is 0.857. The van der Waals surface area contributed by atoms with E-state index in [1.165, 1.54) is 25.0 Å². The van der Waals surface area contributed by atoms with Gasteiger partial charge in [-0.2, -0.15) is 5.26 Å².